The number of nitrogens with zero attached hydrogens (tertiary/aromatic N) is 1. The lowest BCUT2D eigenvalue weighted by Crippen LogP contribution is -2.54. The highest BCUT2D eigenvalue weighted by Gasteiger charge is 2.35. The smallest absolute Gasteiger partial charge is 0.0443 e. The summed E-state index contributed by atoms with van der Waals surface area (Å²) in [4.78, 5) is 2.42. The molecule has 0 atom stereocenters. The zero-order valence-electron chi connectivity index (χ0n) is 7.64. The number of hydrogen-bond donors (Lipinski definition) is 1. The minimum absolute atomic E-state index is 0.333. The van der Waals surface area contributed by atoms with Crippen LogP contribution in [-0.4, -0.2) is 36.2 Å². The topological polar surface area (TPSA) is 23.5 Å². The molecule has 0 saturated carbocycles. The third-order valence-electron chi connectivity index (χ3n) is 2.70. The molecule has 0 aliphatic carbocycles. The SMILES string of the molecule is CCC1(C)CN(CCCO)C1. The van der Waals surface area contributed by atoms with Gasteiger partial charge < -0.3 is 10.0 Å². The highest BCUT2D eigenvalue weighted by Crippen LogP contribution is 2.32. The second-order valence-corrected chi connectivity index (χ2v) is 3.95. The Bertz CT molecular complexity index is 119. The van der Waals surface area contributed by atoms with Crippen LogP contribution >= 0.6 is 0 Å². The summed E-state index contributed by atoms with van der Waals surface area (Å²) >= 11 is 0. The standard InChI is InChI=1S/C9H19NO/c1-3-9(2)7-10(8-9)5-4-6-11/h11H,3-8H2,1-2H3. The van der Waals surface area contributed by atoms with E-state index < -0.39 is 0 Å². The van der Waals surface area contributed by atoms with E-state index in [-0.39, 0.29) is 0 Å². The van der Waals surface area contributed by atoms with Crippen molar-refractivity contribution >= 4 is 0 Å². The minimum Gasteiger partial charge on any atom is -0.396 e. The van der Waals surface area contributed by atoms with Crippen LogP contribution in [-0.2, 0) is 0 Å². The zero-order valence-corrected chi connectivity index (χ0v) is 7.64. The van der Waals surface area contributed by atoms with Gasteiger partial charge in [0.2, 0.25) is 0 Å². The molecule has 0 aromatic heterocycles. The van der Waals surface area contributed by atoms with Crippen molar-refractivity contribution in [2.45, 2.75) is 26.7 Å². The summed E-state index contributed by atoms with van der Waals surface area (Å²) in [7, 11) is 0. The van der Waals surface area contributed by atoms with E-state index in [1.54, 1.807) is 0 Å². The quantitative estimate of drug-likeness (QED) is 0.660. The highest BCUT2D eigenvalue weighted by atomic mass is 16.3. The van der Waals surface area contributed by atoms with Crippen molar-refractivity contribution in [3.05, 3.63) is 0 Å². The largest absolute Gasteiger partial charge is 0.396 e. The summed E-state index contributed by atoms with van der Waals surface area (Å²) in [5.74, 6) is 0. The average Bonchev–Trinajstić information content (AvgIpc) is 1.96. The Morgan fingerprint density at radius 1 is 1.45 bits per heavy atom. The molecule has 0 spiro atoms. The fourth-order valence-corrected chi connectivity index (χ4v) is 1.71. The minimum atomic E-state index is 0.333. The number of likely N-dealkylation sites (tertiary alicyclic amines) is 1. The predicted octanol–water partition coefficient (Wildman–Crippen LogP) is 1.10. The summed E-state index contributed by atoms with van der Waals surface area (Å²) in [5, 5.41) is 8.60. The summed E-state index contributed by atoms with van der Waals surface area (Å²) in [6, 6.07) is 0. The van der Waals surface area contributed by atoms with Gasteiger partial charge in [0.1, 0.15) is 0 Å². The number of aliphatic hydroxyl groups is 1. The van der Waals surface area contributed by atoms with Crippen molar-refractivity contribution in [2.75, 3.05) is 26.2 Å². The van der Waals surface area contributed by atoms with Crippen LogP contribution < -0.4 is 0 Å². The van der Waals surface area contributed by atoms with E-state index in [0.29, 0.717) is 12.0 Å². The van der Waals surface area contributed by atoms with Gasteiger partial charge in [-0.2, -0.15) is 0 Å². The van der Waals surface area contributed by atoms with Crippen LogP contribution in [0.2, 0.25) is 0 Å². The van der Waals surface area contributed by atoms with Crippen molar-refractivity contribution in [1.29, 1.82) is 0 Å². The zero-order chi connectivity index (χ0) is 8.32. The van der Waals surface area contributed by atoms with Gasteiger partial charge in [0.15, 0.2) is 0 Å². The summed E-state index contributed by atoms with van der Waals surface area (Å²) < 4.78 is 0. The van der Waals surface area contributed by atoms with Gasteiger partial charge in [-0.3, -0.25) is 0 Å². The van der Waals surface area contributed by atoms with Gasteiger partial charge in [0.25, 0.3) is 0 Å². The first kappa shape index (κ1) is 9.01. The first-order valence-electron chi connectivity index (χ1n) is 4.53. The lowest BCUT2D eigenvalue weighted by Gasteiger charge is -2.48. The lowest BCUT2D eigenvalue weighted by atomic mass is 9.79. The van der Waals surface area contributed by atoms with E-state index >= 15 is 0 Å². The molecule has 2 nitrogen and oxygen atoms in total. The molecule has 2 heteroatoms. The first-order chi connectivity index (χ1) is 5.20. The third kappa shape index (κ3) is 2.17. The average molecular weight is 157 g/mol. The predicted molar refractivity (Wildman–Crippen MR) is 46.5 cm³/mol. The fourth-order valence-electron chi connectivity index (χ4n) is 1.71. The molecule has 0 amide bonds. The lowest BCUT2D eigenvalue weighted by molar-refractivity contribution is 0.00910. The maximum absolute atomic E-state index is 8.60. The second kappa shape index (κ2) is 3.55. The maximum Gasteiger partial charge on any atom is 0.0443 e. The molecular formula is C9H19NO. The van der Waals surface area contributed by atoms with Crippen molar-refractivity contribution in [3.63, 3.8) is 0 Å². The van der Waals surface area contributed by atoms with Gasteiger partial charge in [-0.05, 0) is 18.3 Å². The van der Waals surface area contributed by atoms with Crippen molar-refractivity contribution in [3.8, 4) is 0 Å². The molecule has 11 heavy (non-hydrogen) atoms. The van der Waals surface area contributed by atoms with Crippen LogP contribution in [0.5, 0.6) is 0 Å². The maximum atomic E-state index is 8.60. The molecule has 1 aliphatic rings. The van der Waals surface area contributed by atoms with Crippen LogP contribution in [0.15, 0.2) is 0 Å². The molecule has 66 valence electrons. The monoisotopic (exact) mass is 157 g/mol. The van der Waals surface area contributed by atoms with Gasteiger partial charge in [-0.25, -0.2) is 0 Å². The van der Waals surface area contributed by atoms with Crippen molar-refractivity contribution in [2.24, 2.45) is 5.41 Å². The molecule has 1 heterocycles. The summed E-state index contributed by atoms with van der Waals surface area (Å²) in [6.07, 6.45) is 2.21. The van der Waals surface area contributed by atoms with Crippen LogP contribution in [0, 0.1) is 5.41 Å². The Kier molecular flexibility index (Phi) is 2.90. The van der Waals surface area contributed by atoms with E-state index in [0.717, 1.165) is 13.0 Å². The molecule has 0 aromatic carbocycles. The molecule has 1 saturated heterocycles. The van der Waals surface area contributed by atoms with E-state index in [1.807, 2.05) is 0 Å². The second-order valence-electron chi connectivity index (χ2n) is 3.95. The van der Waals surface area contributed by atoms with Crippen LogP contribution in [0.4, 0.5) is 0 Å². The Balaban J connectivity index is 2.08. The normalized spacial score (nSPS) is 23.2. The van der Waals surface area contributed by atoms with E-state index in [4.69, 9.17) is 5.11 Å². The van der Waals surface area contributed by atoms with E-state index in [9.17, 15) is 0 Å². The molecule has 1 N–H and O–H groups in total. The van der Waals surface area contributed by atoms with Gasteiger partial charge in [0, 0.05) is 26.2 Å². The Morgan fingerprint density at radius 3 is 2.55 bits per heavy atom. The summed E-state index contributed by atoms with van der Waals surface area (Å²) in [6.45, 7) is 8.45. The Morgan fingerprint density at radius 2 is 2.09 bits per heavy atom. The number of hydrogen-bond acceptors (Lipinski definition) is 2. The first-order valence-corrected chi connectivity index (χ1v) is 4.53. The molecule has 1 rings (SSSR count). The van der Waals surface area contributed by atoms with Gasteiger partial charge >= 0.3 is 0 Å². The fraction of sp³-hybridized carbons (Fsp3) is 1.00. The number of rotatable bonds is 4. The van der Waals surface area contributed by atoms with Crippen LogP contribution in [0.3, 0.4) is 0 Å². The van der Waals surface area contributed by atoms with Crippen LogP contribution in [0.25, 0.3) is 0 Å². The molecule has 0 bridgehead atoms. The molecular weight excluding hydrogens is 138 g/mol. The molecule has 1 aliphatic heterocycles. The third-order valence-corrected chi connectivity index (χ3v) is 2.70. The molecule has 0 unspecified atom stereocenters. The molecule has 0 radical (unpaired) electrons. The Labute approximate surface area is 69.2 Å². The van der Waals surface area contributed by atoms with E-state index in [1.165, 1.54) is 19.5 Å². The van der Waals surface area contributed by atoms with Crippen molar-refractivity contribution in [1.82, 2.24) is 4.90 Å². The summed E-state index contributed by atoms with van der Waals surface area (Å²) in [5.41, 5.74) is 0.579. The van der Waals surface area contributed by atoms with Gasteiger partial charge in [0.05, 0.1) is 0 Å². The van der Waals surface area contributed by atoms with Gasteiger partial charge in [-0.15, -0.1) is 0 Å². The van der Waals surface area contributed by atoms with E-state index in [2.05, 4.69) is 18.7 Å². The van der Waals surface area contributed by atoms with Gasteiger partial charge in [-0.1, -0.05) is 13.8 Å². The van der Waals surface area contributed by atoms with Crippen LogP contribution in [0.1, 0.15) is 26.7 Å². The Hall–Kier alpha value is -0.0800. The van der Waals surface area contributed by atoms with Crippen molar-refractivity contribution < 1.29 is 5.11 Å². The molecule has 0 aromatic rings. The molecule has 1 fully saturated rings. The highest BCUT2D eigenvalue weighted by molar-refractivity contribution is 4.89. The number of aliphatic hydroxyl groups excluding tert-OH is 1.